The molecule has 0 bridgehead atoms. The minimum absolute atomic E-state index is 0.00467. The second-order valence-corrected chi connectivity index (χ2v) is 8.48. The van der Waals surface area contributed by atoms with Gasteiger partial charge in [0.05, 0.1) is 26.4 Å². The van der Waals surface area contributed by atoms with Gasteiger partial charge >= 0.3 is 0 Å². The van der Waals surface area contributed by atoms with Crippen LogP contribution in [0.2, 0.25) is 0 Å². The number of hydrogen-bond acceptors (Lipinski definition) is 5. The first-order chi connectivity index (χ1) is 13.4. The van der Waals surface area contributed by atoms with E-state index in [9.17, 15) is 4.79 Å². The second-order valence-electron chi connectivity index (χ2n) is 8.48. The van der Waals surface area contributed by atoms with Crippen molar-refractivity contribution in [3.05, 3.63) is 47.2 Å². The Morgan fingerprint density at radius 2 is 1.82 bits per heavy atom. The number of carbonyl (C=O) groups excluding carboxylic acids is 1. The summed E-state index contributed by atoms with van der Waals surface area (Å²) in [7, 11) is 0. The maximum absolute atomic E-state index is 12.9. The third-order valence-electron chi connectivity index (χ3n) is 5.32. The summed E-state index contributed by atoms with van der Waals surface area (Å²) in [5.74, 6) is 0.481. The monoisotopic (exact) mass is 389 g/mol. The van der Waals surface area contributed by atoms with Gasteiger partial charge in [-0.05, 0) is 28.5 Å². The lowest BCUT2D eigenvalue weighted by molar-refractivity contribution is -0.163. The number of allylic oxidation sites excluding steroid dienone is 1. The van der Waals surface area contributed by atoms with Crippen molar-refractivity contribution in [2.45, 2.75) is 46.7 Å². The number of rotatable bonds is 5. The van der Waals surface area contributed by atoms with Crippen LogP contribution in [0, 0.1) is 11.3 Å². The van der Waals surface area contributed by atoms with Gasteiger partial charge < -0.3 is 24.2 Å². The SMILES string of the molecule is CC(C)(C)[C@@H]1C=C(C(=O)N2CCOCC2)O[C@H](OCc2ccc(CO)cc2)C1. The maximum atomic E-state index is 12.9. The zero-order valence-electron chi connectivity index (χ0n) is 17.0. The predicted octanol–water partition coefficient (Wildman–Crippen LogP) is 2.85. The quantitative estimate of drug-likeness (QED) is 0.839. The van der Waals surface area contributed by atoms with Crippen molar-refractivity contribution in [1.82, 2.24) is 4.90 Å². The third kappa shape index (κ3) is 5.34. The Bertz CT molecular complexity index is 686. The lowest BCUT2D eigenvalue weighted by atomic mass is 9.77. The molecule has 0 aromatic heterocycles. The highest BCUT2D eigenvalue weighted by atomic mass is 16.7. The van der Waals surface area contributed by atoms with Crippen molar-refractivity contribution in [3.63, 3.8) is 0 Å². The van der Waals surface area contributed by atoms with Gasteiger partial charge in [0.2, 0.25) is 6.29 Å². The van der Waals surface area contributed by atoms with Crippen molar-refractivity contribution in [2.24, 2.45) is 11.3 Å². The second kappa shape index (κ2) is 9.07. The Morgan fingerprint density at radius 1 is 1.18 bits per heavy atom. The Morgan fingerprint density at radius 3 is 2.43 bits per heavy atom. The van der Waals surface area contributed by atoms with Crippen molar-refractivity contribution in [1.29, 1.82) is 0 Å². The van der Waals surface area contributed by atoms with E-state index >= 15 is 0 Å². The molecule has 1 N–H and O–H groups in total. The number of aliphatic hydroxyl groups excluding tert-OH is 1. The van der Waals surface area contributed by atoms with Gasteiger partial charge in [0, 0.05) is 19.5 Å². The molecule has 154 valence electrons. The van der Waals surface area contributed by atoms with Crippen LogP contribution in [-0.2, 0) is 32.2 Å². The summed E-state index contributed by atoms with van der Waals surface area (Å²) in [6.45, 7) is 9.22. The summed E-state index contributed by atoms with van der Waals surface area (Å²) < 4.78 is 17.3. The Labute approximate surface area is 167 Å². The number of nitrogens with zero attached hydrogens (tertiary/aromatic N) is 1. The molecular weight excluding hydrogens is 358 g/mol. The van der Waals surface area contributed by atoms with Gasteiger partial charge in [0.15, 0.2) is 5.76 Å². The van der Waals surface area contributed by atoms with Gasteiger partial charge in [-0.2, -0.15) is 0 Å². The van der Waals surface area contributed by atoms with E-state index in [4.69, 9.17) is 19.3 Å². The highest BCUT2D eigenvalue weighted by Gasteiger charge is 2.35. The van der Waals surface area contributed by atoms with Crippen LogP contribution in [-0.4, -0.2) is 48.5 Å². The van der Waals surface area contributed by atoms with E-state index in [1.165, 1.54) is 0 Å². The molecule has 0 aliphatic carbocycles. The highest BCUT2D eigenvalue weighted by molar-refractivity contribution is 5.91. The van der Waals surface area contributed by atoms with E-state index in [-0.39, 0.29) is 23.8 Å². The van der Waals surface area contributed by atoms with Crippen LogP contribution in [0.25, 0.3) is 0 Å². The molecule has 0 unspecified atom stereocenters. The van der Waals surface area contributed by atoms with Gasteiger partial charge in [-0.15, -0.1) is 0 Å². The molecule has 2 atom stereocenters. The van der Waals surface area contributed by atoms with Gasteiger partial charge in [-0.25, -0.2) is 0 Å². The van der Waals surface area contributed by atoms with Crippen LogP contribution in [0.4, 0.5) is 0 Å². The fraction of sp³-hybridized carbons (Fsp3) is 0.591. The molecule has 1 fully saturated rings. The number of carbonyl (C=O) groups is 1. The van der Waals surface area contributed by atoms with E-state index in [1.54, 1.807) is 4.90 Å². The van der Waals surface area contributed by atoms with Gasteiger partial charge in [0.25, 0.3) is 5.91 Å². The number of amides is 1. The van der Waals surface area contributed by atoms with Gasteiger partial charge in [0.1, 0.15) is 0 Å². The minimum atomic E-state index is -0.466. The molecule has 6 heteroatoms. The molecule has 1 saturated heterocycles. The summed E-state index contributed by atoms with van der Waals surface area (Å²) in [5, 5.41) is 9.16. The van der Waals surface area contributed by atoms with E-state index in [1.807, 2.05) is 30.3 Å². The number of hydrogen-bond donors (Lipinski definition) is 1. The number of aliphatic hydroxyl groups is 1. The van der Waals surface area contributed by atoms with Crippen molar-refractivity contribution in [2.75, 3.05) is 26.3 Å². The molecule has 28 heavy (non-hydrogen) atoms. The van der Waals surface area contributed by atoms with Crippen LogP contribution < -0.4 is 0 Å². The van der Waals surface area contributed by atoms with Gasteiger partial charge in [-0.3, -0.25) is 4.79 Å². The van der Waals surface area contributed by atoms with E-state index < -0.39 is 6.29 Å². The topological polar surface area (TPSA) is 68.2 Å². The fourth-order valence-electron chi connectivity index (χ4n) is 3.37. The zero-order chi connectivity index (χ0) is 20.1. The smallest absolute Gasteiger partial charge is 0.288 e. The Kier molecular flexibility index (Phi) is 6.75. The molecule has 0 saturated carbocycles. The highest BCUT2D eigenvalue weighted by Crippen LogP contribution is 2.37. The first kappa shape index (κ1) is 20.8. The van der Waals surface area contributed by atoms with Crippen molar-refractivity contribution < 1.29 is 24.1 Å². The fourth-order valence-corrected chi connectivity index (χ4v) is 3.37. The average Bonchev–Trinajstić information content (AvgIpc) is 2.72. The summed E-state index contributed by atoms with van der Waals surface area (Å²) in [5.41, 5.74) is 1.88. The summed E-state index contributed by atoms with van der Waals surface area (Å²) in [4.78, 5) is 14.7. The first-order valence-electron chi connectivity index (χ1n) is 9.92. The third-order valence-corrected chi connectivity index (χ3v) is 5.32. The van der Waals surface area contributed by atoms with Crippen molar-refractivity contribution in [3.8, 4) is 0 Å². The molecule has 3 rings (SSSR count). The summed E-state index contributed by atoms with van der Waals surface area (Å²) in [6.07, 6.45) is 2.21. The van der Waals surface area contributed by atoms with Crippen molar-refractivity contribution >= 4 is 5.91 Å². The molecule has 0 spiro atoms. The maximum Gasteiger partial charge on any atom is 0.288 e. The van der Waals surface area contributed by atoms with Crippen LogP contribution >= 0.6 is 0 Å². The normalized spacial score (nSPS) is 23.1. The molecule has 2 aliphatic heterocycles. The molecule has 2 aliphatic rings. The molecular formula is C22H31NO5. The molecule has 0 radical (unpaired) electrons. The lowest BCUT2D eigenvalue weighted by Gasteiger charge is -2.37. The van der Waals surface area contributed by atoms with Crippen LogP contribution in [0.1, 0.15) is 38.3 Å². The largest absolute Gasteiger partial charge is 0.459 e. The van der Waals surface area contributed by atoms with E-state index in [0.717, 1.165) is 11.1 Å². The number of ether oxygens (including phenoxy) is 3. The molecule has 1 aromatic rings. The Hall–Kier alpha value is -1.89. The minimum Gasteiger partial charge on any atom is -0.459 e. The first-order valence-corrected chi connectivity index (χ1v) is 9.92. The van der Waals surface area contributed by atoms with Gasteiger partial charge in [-0.1, -0.05) is 45.0 Å². The predicted molar refractivity (Wildman–Crippen MR) is 105 cm³/mol. The Balaban J connectivity index is 1.68. The molecule has 1 amide bonds. The molecule has 1 aromatic carbocycles. The average molecular weight is 389 g/mol. The lowest BCUT2D eigenvalue weighted by Crippen LogP contribution is -2.43. The summed E-state index contributed by atoms with van der Waals surface area (Å²) >= 11 is 0. The van der Waals surface area contributed by atoms with Crippen LogP contribution in [0.5, 0.6) is 0 Å². The molecule has 6 nitrogen and oxygen atoms in total. The van der Waals surface area contributed by atoms with E-state index in [2.05, 4.69) is 20.8 Å². The standard InChI is InChI=1S/C22H31NO5/c1-22(2,3)18-12-19(21(25)23-8-10-26-11-9-23)28-20(13-18)27-15-17-6-4-16(14-24)5-7-17/h4-7,12,18,20,24H,8-11,13-15H2,1-3H3/t18-,20+/m1/s1. The van der Waals surface area contributed by atoms with Crippen LogP contribution in [0.15, 0.2) is 36.1 Å². The number of morpholine rings is 1. The van der Waals surface area contributed by atoms with Crippen LogP contribution in [0.3, 0.4) is 0 Å². The molecule has 2 heterocycles. The summed E-state index contributed by atoms with van der Waals surface area (Å²) in [6, 6.07) is 7.63. The number of benzene rings is 1. The zero-order valence-corrected chi connectivity index (χ0v) is 17.0. The van der Waals surface area contributed by atoms with E-state index in [0.29, 0.717) is 45.1 Å².